The highest BCUT2D eigenvalue weighted by Crippen LogP contribution is 2.25. The third-order valence-corrected chi connectivity index (χ3v) is 5.81. The van der Waals surface area contributed by atoms with Gasteiger partial charge in [0.1, 0.15) is 11.8 Å². The largest absolute Gasteiger partial charge is 0.495 e. The number of methoxy groups -OCH3 is 1. The van der Waals surface area contributed by atoms with Gasteiger partial charge in [-0.1, -0.05) is 49.4 Å². The number of carbonyl (C=O) groups excluding carboxylic acids is 1. The first-order valence-electron chi connectivity index (χ1n) is 9.53. The Hall–Kier alpha value is -2.63. The van der Waals surface area contributed by atoms with Crippen LogP contribution >= 0.6 is 11.3 Å². The number of rotatable bonds is 8. The summed E-state index contributed by atoms with van der Waals surface area (Å²) in [7, 11) is 1.60. The topological polar surface area (TPSA) is 54.9 Å². The summed E-state index contributed by atoms with van der Waals surface area (Å²) in [6.07, 6.45) is 1.02. The highest BCUT2D eigenvalue weighted by atomic mass is 32.1. The number of quaternary nitrogens is 1. The second kappa shape index (κ2) is 9.53. The van der Waals surface area contributed by atoms with Gasteiger partial charge in [-0.05, 0) is 42.5 Å². The molecule has 0 bridgehead atoms. The van der Waals surface area contributed by atoms with Crippen molar-refractivity contribution < 1.29 is 14.8 Å². The fraction of sp³-hybridized carbons (Fsp3) is 0.261. The second-order valence-corrected chi connectivity index (χ2v) is 7.74. The van der Waals surface area contributed by atoms with Crippen LogP contribution in [0.2, 0.25) is 0 Å². The van der Waals surface area contributed by atoms with Crippen molar-refractivity contribution in [2.24, 2.45) is 0 Å². The zero-order chi connectivity index (χ0) is 19.9. The van der Waals surface area contributed by atoms with Crippen LogP contribution in [-0.4, -0.2) is 19.1 Å². The van der Waals surface area contributed by atoms with E-state index in [1.165, 1.54) is 16.0 Å². The van der Waals surface area contributed by atoms with Crippen LogP contribution in [0, 0.1) is 0 Å². The van der Waals surface area contributed by atoms with Gasteiger partial charge in [0.25, 0.3) is 5.91 Å². The smallest absolute Gasteiger partial charge is 0.282 e. The third-order valence-electron chi connectivity index (χ3n) is 4.86. The number of hydrogen-bond acceptors (Lipinski definition) is 3. The van der Waals surface area contributed by atoms with E-state index < -0.39 is 0 Å². The summed E-state index contributed by atoms with van der Waals surface area (Å²) in [5, 5.41) is 7.19. The van der Waals surface area contributed by atoms with Crippen molar-refractivity contribution in [2.75, 3.05) is 12.4 Å². The van der Waals surface area contributed by atoms with E-state index in [-0.39, 0.29) is 18.0 Å². The van der Waals surface area contributed by atoms with Crippen molar-refractivity contribution in [3.05, 3.63) is 82.0 Å². The number of anilines is 1. The molecule has 0 aliphatic carbocycles. The minimum absolute atomic E-state index is 0.0452. The molecule has 0 saturated heterocycles. The van der Waals surface area contributed by atoms with Gasteiger partial charge in [-0.3, -0.25) is 4.79 Å². The monoisotopic (exact) mass is 395 g/mol. The Labute approximate surface area is 170 Å². The fourth-order valence-electron chi connectivity index (χ4n) is 3.17. The Morgan fingerprint density at radius 3 is 2.50 bits per heavy atom. The highest BCUT2D eigenvalue weighted by molar-refractivity contribution is 7.10. The number of carbonyl (C=O) groups is 1. The van der Waals surface area contributed by atoms with Crippen LogP contribution in [-0.2, 0) is 11.2 Å². The van der Waals surface area contributed by atoms with Gasteiger partial charge in [0.2, 0.25) is 0 Å². The number of amides is 1. The third kappa shape index (κ3) is 4.80. The molecule has 3 N–H and O–H groups in total. The number of nitrogens with one attached hydrogen (secondary N) is 1. The lowest BCUT2D eigenvalue weighted by Crippen LogP contribution is -2.92. The van der Waals surface area contributed by atoms with Gasteiger partial charge >= 0.3 is 0 Å². The first kappa shape index (κ1) is 20.1. The van der Waals surface area contributed by atoms with Crippen LogP contribution in [0.15, 0.2) is 66.0 Å². The predicted molar refractivity (Wildman–Crippen MR) is 115 cm³/mol. The van der Waals surface area contributed by atoms with Crippen LogP contribution < -0.4 is 15.4 Å². The van der Waals surface area contributed by atoms with E-state index in [0.717, 1.165) is 6.42 Å². The number of nitrogens with two attached hydrogens (primary N) is 1. The van der Waals surface area contributed by atoms with Gasteiger partial charge in [0.15, 0.2) is 6.04 Å². The molecule has 146 valence electrons. The van der Waals surface area contributed by atoms with E-state index in [9.17, 15) is 4.79 Å². The Kier molecular flexibility index (Phi) is 6.85. The first-order valence-corrected chi connectivity index (χ1v) is 10.4. The number of ether oxygens (including phenoxy) is 1. The molecule has 1 heterocycles. The molecule has 0 spiro atoms. The molecule has 0 radical (unpaired) electrons. The zero-order valence-electron chi connectivity index (χ0n) is 16.5. The van der Waals surface area contributed by atoms with Crippen molar-refractivity contribution in [1.82, 2.24) is 0 Å². The zero-order valence-corrected chi connectivity index (χ0v) is 17.3. The maximum absolute atomic E-state index is 12.8. The van der Waals surface area contributed by atoms with Gasteiger partial charge in [0, 0.05) is 5.56 Å². The van der Waals surface area contributed by atoms with E-state index in [1.54, 1.807) is 18.4 Å². The van der Waals surface area contributed by atoms with Gasteiger partial charge in [-0.25, -0.2) is 0 Å². The maximum Gasteiger partial charge on any atom is 0.282 e. The molecule has 5 heteroatoms. The van der Waals surface area contributed by atoms with E-state index in [0.29, 0.717) is 11.4 Å². The molecule has 1 amide bonds. The summed E-state index contributed by atoms with van der Waals surface area (Å²) in [5.74, 6) is 0.615. The number of para-hydroxylation sites is 2. The number of hydrogen-bond donors (Lipinski definition) is 2. The lowest BCUT2D eigenvalue weighted by atomic mass is 10.0. The number of benzene rings is 2. The molecule has 3 aromatic rings. The van der Waals surface area contributed by atoms with Crippen LogP contribution in [0.3, 0.4) is 0 Å². The molecule has 0 aliphatic heterocycles. The molecular weight excluding hydrogens is 368 g/mol. The summed E-state index contributed by atoms with van der Waals surface area (Å²) >= 11 is 1.72. The quantitative estimate of drug-likeness (QED) is 0.606. The standard InChI is InChI=1S/C23H26N2O2S/c1-4-17-11-13-18(14-12-17)22(21-10-7-15-28-21)24-16(2)23(26)25-19-8-5-6-9-20(19)27-3/h5-16,22,24H,4H2,1-3H3,(H,25,26)/p+1/t16-,22+/m0/s1. The van der Waals surface area contributed by atoms with Crippen molar-refractivity contribution >= 4 is 22.9 Å². The van der Waals surface area contributed by atoms with Crippen LogP contribution in [0.4, 0.5) is 5.69 Å². The molecule has 0 aliphatic rings. The SMILES string of the molecule is CCc1ccc([C@@H]([NH2+][C@@H](C)C(=O)Nc2ccccc2OC)c2cccs2)cc1. The Morgan fingerprint density at radius 1 is 1.11 bits per heavy atom. The Bertz CT molecular complexity index is 891. The summed E-state index contributed by atoms with van der Waals surface area (Å²) in [6.45, 7) is 4.09. The molecule has 0 unspecified atom stereocenters. The predicted octanol–water partition coefficient (Wildman–Crippen LogP) is 4.00. The lowest BCUT2D eigenvalue weighted by molar-refractivity contribution is -0.703. The molecule has 1 aromatic heterocycles. The maximum atomic E-state index is 12.8. The van der Waals surface area contributed by atoms with Gasteiger partial charge in [-0.2, -0.15) is 0 Å². The summed E-state index contributed by atoms with van der Waals surface area (Å²) in [6, 6.07) is 20.2. The minimum Gasteiger partial charge on any atom is -0.495 e. The van der Waals surface area contributed by atoms with Crippen molar-refractivity contribution in [3.63, 3.8) is 0 Å². The molecule has 2 atom stereocenters. The highest BCUT2D eigenvalue weighted by Gasteiger charge is 2.26. The Morgan fingerprint density at radius 2 is 1.86 bits per heavy atom. The summed E-state index contributed by atoms with van der Waals surface area (Å²) in [4.78, 5) is 14.1. The van der Waals surface area contributed by atoms with E-state index in [2.05, 4.69) is 59.3 Å². The van der Waals surface area contributed by atoms with Gasteiger partial charge in [0.05, 0.1) is 17.7 Å². The van der Waals surface area contributed by atoms with Gasteiger partial charge < -0.3 is 15.4 Å². The molecule has 0 saturated carbocycles. The average molecular weight is 396 g/mol. The van der Waals surface area contributed by atoms with Crippen molar-refractivity contribution in [2.45, 2.75) is 32.4 Å². The second-order valence-electron chi connectivity index (χ2n) is 6.76. The molecule has 2 aromatic carbocycles. The van der Waals surface area contributed by atoms with Gasteiger partial charge in [-0.15, -0.1) is 11.3 Å². The summed E-state index contributed by atoms with van der Waals surface area (Å²) in [5.41, 5.74) is 3.21. The molecular formula is C23H27N2O2S+. The molecule has 3 rings (SSSR count). The Balaban J connectivity index is 1.77. The van der Waals surface area contributed by atoms with Crippen LogP contribution in [0.1, 0.15) is 35.9 Å². The van der Waals surface area contributed by atoms with E-state index in [4.69, 9.17) is 4.74 Å². The summed E-state index contributed by atoms with van der Waals surface area (Å²) < 4.78 is 5.33. The lowest BCUT2D eigenvalue weighted by Gasteiger charge is -2.20. The van der Waals surface area contributed by atoms with E-state index >= 15 is 0 Å². The fourth-order valence-corrected chi connectivity index (χ4v) is 4.00. The number of thiophene rings is 1. The number of aryl methyl sites for hydroxylation is 1. The average Bonchev–Trinajstić information content (AvgIpc) is 3.27. The van der Waals surface area contributed by atoms with E-state index in [1.807, 2.05) is 31.2 Å². The van der Waals surface area contributed by atoms with Crippen molar-refractivity contribution in [1.29, 1.82) is 0 Å². The normalized spacial score (nSPS) is 13.0. The molecule has 0 fully saturated rings. The molecule has 4 nitrogen and oxygen atoms in total. The van der Waals surface area contributed by atoms with Crippen LogP contribution in [0.5, 0.6) is 5.75 Å². The van der Waals surface area contributed by atoms with Crippen LogP contribution in [0.25, 0.3) is 0 Å². The molecule has 28 heavy (non-hydrogen) atoms. The van der Waals surface area contributed by atoms with Crippen molar-refractivity contribution in [3.8, 4) is 5.75 Å². The first-order chi connectivity index (χ1) is 13.6. The minimum atomic E-state index is -0.261.